The van der Waals surface area contributed by atoms with E-state index >= 15 is 0 Å². The van der Waals surface area contributed by atoms with Gasteiger partial charge in [0.15, 0.2) is 0 Å². The Morgan fingerprint density at radius 3 is 3.00 bits per heavy atom. The van der Waals surface area contributed by atoms with Gasteiger partial charge in [0.2, 0.25) is 0 Å². The SMILES string of the molecule is CN1CCCC(n2cc(I)c3c(Cl)ncnc32)CC1. The maximum absolute atomic E-state index is 6.19. The van der Waals surface area contributed by atoms with Gasteiger partial charge in [-0.1, -0.05) is 11.6 Å². The van der Waals surface area contributed by atoms with Crippen molar-refractivity contribution in [2.45, 2.75) is 25.3 Å². The Labute approximate surface area is 131 Å². The molecule has 1 saturated heterocycles. The first-order valence-corrected chi connectivity index (χ1v) is 7.97. The average Bonchev–Trinajstić information content (AvgIpc) is 2.58. The maximum Gasteiger partial charge on any atom is 0.146 e. The molecular weight excluding hydrogens is 375 g/mol. The van der Waals surface area contributed by atoms with Gasteiger partial charge in [-0.15, -0.1) is 0 Å². The summed E-state index contributed by atoms with van der Waals surface area (Å²) in [5.41, 5.74) is 0.971. The minimum atomic E-state index is 0.516. The van der Waals surface area contributed by atoms with Gasteiger partial charge in [0.25, 0.3) is 0 Å². The molecule has 0 bridgehead atoms. The quantitative estimate of drug-likeness (QED) is 0.553. The minimum absolute atomic E-state index is 0.516. The van der Waals surface area contributed by atoms with Crippen molar-refractivity contribution in [2.75, 3.05) is 20.1 Å². The molecule has 0 radical (unpaired) electrons. The standard InChI is InChI=1S/C13H16ClIN4/c1-18-5-2-3-9(4-6-18)19-7-10(15)11-12(14)16-8-17-13(11)19/h7-9H,2-6H2,1H3. The van der Waals surface area contributed by atoms with E-state index in [0.717, 1.165) is 27.6 Å². The molecule has 0 spiro atoms. The number of fused-ring (bicyclic) bond motifs is 1. The van der Waals surface area contributed by atoms with E-state index in [2.05, 4.69) is 55.3 Å². The van der Waals surface area contributed by atoms with Gasteiger partial charge in [0, 0.05) is 15.8 Å². The third kappa shape index (κ3) is 2.60. The van der Waals surface area contributed by atoms with Crippen LogP contribution in [0.25, 0.3) is 11.0 Å². The Bertz CT molecular complexity index is 598. The van der Waals surface area contributed by atoms with Crippen LogP contribution in [0, 0.1) is 3.57 Å². The summed E-state index contributed by atoms with van der Waals surface area (Å²) < 4.78 is 3.43. The summed E-state index contributed by atoms with van der Waals surface area (Å²) in [6.45, 7) is 2.32. The molecule has 2 aromatic rings. The highest BCUT2D eigenvalue weighted by Crippen LogP contribution is 2.32. The molecule has 3 rings (SSSR count). The normalized spacial score (nSPS) is 21.7. The van der Waals surface area contributed by atoms with Gasteiger partial charge >= 0.3 is 0 Å². The molecule has 0 N–H and O–H groups in total. The molecule has 0 aromatic carbocycles. The zero-order valence-electron chi connectivity index (χ0n) is 10.8. The van der Waals surface area contributed by atoms with E-state index in [4.69, 9.17) is 11.6 Å². The fourth-order valence-electron chi connectivity index (χ4n) is 2.78. The Morgan fingerprint density at radius 1 is 1.32 bits per heavy atom. The fraction of sp³-hybridized carbons (Fsp3) is 0.538. The van der Waals surface area contributed by atoms with Crippen LogP contribution in [0.3, 0.4) is 0 Å². The second-order valence-corrected chi connectivity index (χ2v) is 6.66. The molecule has 1 aliphatic rings. The Morgan fingerprint density at radius 2 is 2.16 bits per heavy atom. The summed E-state index contributed by atoms with van der Waals surface area (Å²) in [4.78, 5) is 10.9. The van der Waals surface area contributed by atoms with E-state index in [1.807, 2.05) is 0 Å². The van der Waals surface area contributed by atoms with Crippen LogP contribution in [-0.4, -0.2) is 39.6 Å². The maximum atomic E-state index is 6.19. The monoisotopic (exact) mass is 390 g/mol. The van der Waals surface area contributed by atoms with Gasteiger partial charge in [-0.3, -0.25) is 0 Å². The lowest BCUT2D eigenvalue weighted by Gasteiger charge is -2.17. The van der Waals surface area contributed by atoms with Crippen LogP contribution in [0.5, 0.6) is 0 Å². The van der Waals surface area contributed by atoms with Crippen LogP contribution >= 0.6 is 34.2 Å². The summed E-state index contributed by atoms with van der Waals surface area (Å²) in [6.07, 6.45) is 7.32. The highest BCUT2D eigenvalue weighted by molar-refractivity contribution is 14.1. The van der Waals surface area contributed by atoms with Crippen LogP contribution in [0.4, 0.5) is 0 Å². The van der Waals surface area contributed by atoms with Gasteiger partial charge in [-0.25, -0.2) is 9.97 Å². The van der Waals surface area contributed by atoms with Gasteiger partial charge in [0.05, 0.1) is 5.39 Å². The van der Waals surface area contributed by atoms with Crippen LogP contribution in [0.15, 0.2) is 12.5 Å². The van der Waals surface area contributed by atoms with Crippen LogP contribution in [-0.2, 0) is 0 Å². The van der Waals surface area contributed by atoms with Crippen molar-refractivity contribution in [3.63, 3.8) is 0 Å². The second kappa shape index (κ2) is 5.54. The molecular formula is C13H16ClIN4. The molecule has 0 aliphatic carbocycles. The lowest BCUT2D eigenvalue weighted by molar-refractivity contribution is 0.342. The highest BCUT2D eigenvalue weighted by Gasteiger charge is 2.20. The van der Waals surface area contributed by atoms with Crippen molar-refractivity contribution in [1.29, 1.82) is 0 Å². The van der Waals surface area contributed by atoms with E-state index in [-0.39, 0.29) is 0 Å². The number of rotatable bonds is 1. The van der Waals surface area contributed by atoms with Crippen molar-refractivity contribution in [2.24, 2.45) is 0 Å². The smallest absolute Gasteiger partial charge is 0.146 e. The van der Waals surface area contributed by atoms with Gasteiger partial charge in [0.1, 0.15) is 17.1 Å². The van der Waals surface area contributed by atoms with Gasteiger partial charge in [-0.2, -0.15) is 0 Å². The summed E-state index contributed by atoms with van der Waals surface area (Å²) in [5, 5.41) is 1.54. The molecule has 1 aliphatic heterocycles. The van der Waals surface area contributed by atoms with Gasteiger partial charge < -0.3 is 9.47 Å². The molecule has 102 valence electrons. The molecule has 1 atom stereocenters. The fourth-order valence-corrected chi connectivity index (χ4v) is 3.97. The van der Waals surface area contributed by atoms with Crippen LogP contribution < -0.4 is 0 Å². The van der Waals surface area contributed by atoms with Crippen molar-refractivity contribution in [3.05, 3.63) is 21.2 Å². The molecule has 1 unspecified atom stereocenters. The first kappa shape index (κ1) is 13.6. The predicted molar refractivity (Wildman–Crippen MR) is 85.6 cm³/mol. The second-order valence-electron chi connectivity index (χ2n) is 5.14. The van der Waals surface area contributed by atoms with Crippen LogP contribution in [0.2, 0.25) is 5.15 Å². The number of nitrogens with zero attached hydrogens (tertiary/aromatic N) is 4. The largest absolute Gasteiger partial charge is 0.328 e. The zero-order valence-corrected chi connectivity index (χ0v) is 13.7. The minimum Gasteiger partial charge on any atom is -0.328 e. The first-order chi connectivity index (χ1) is 9.16. The van der Waals surface area contributed by atoms with E-state index in [1.165, 1.54) is 19.4 Å². The lowest BCUT2D eigenvalue weighted by Crippen LogP contribution is -2.19. The third-order valence-corrected chi connectivity index (χ3v) is 4.94. The predicted octanol–water partition coefficient (Wildman–Crippen LogP) is 3.35. The zero-order chi connectivity index (χ0) is 13.4. The summed E-state index contributed by atoms with van der Waals surface area (Å²) in [7, 11) is 2.19. The van der Waals surface area contributed by atoms with Crippen molar-refractivity contribution in [1.82, 2.24) is 19.4 Å². The van der Waals surface area contributed by atoms with Crippen molar-refractivity contribution in [3.8, 4) is 0 Å². The molecule has 0 amide bonds. The summed E-state index contributed by atoms with van der Waals surface area (Å²) in [6, 6.07) is 0.516. The first-order valence-electron chi connectivity index (χ1n) is 6.52. The summed E-state index contributed by atoms with van der Waals surface area (Å²) >= 11 is 8.51. The number of hydrogen-bond donors (Lipinski definition) is 0. The lowest BCUT2D eigenvalue weighted by atomic mass is 10.1. The third-order valence-electron chi connectivity index (χ3n) is 3.83. The molecule has 4 nitrogen and oxygen atoms in total. The Hall–Kier alpha value is -0.400. The number of likely N-dealkylation sites (tertiary alicyclic amines) is 1. The van der Waals surface area contributed by atoms with E-state index in [9.17, 15) is 0 Å². The van der Waals surface area contributed by atoms with Crippen molar-refractivity contribution >= 4 is 45.2 Å². The molecule has 2 aromatic heterocycles. The molecule has 1 fully saturated rings. The molecule has 19 heavy (non-hydrogen) atoms. The highest BCUT2D eigenvalue weighted by atomic mass is 127. The number of halogens is 2. The Balaban J connectivity index is 2.03. The van der Waals surface area contributed by atoms with Crippen molar-refractivity contribution < 1.29 is 0 Å². The average molecular weight is 391 g/mol. The topological polar surface area (TPSA) is 34.0 Å². The van der Waals surface area contributed by atoms with Gasteiger partial charge in [-0.05, 0) is 62.0 Å². The molecule has 0 saturated carbocycles. The van der Waals surface area contributed by atoms with E-state index in [0.29, 0.717) is 11.2 Å². The molecule has 6 heteroatoms. The Kier molecular flexibility index (Phi) is 3.96. The van der Waals surface area contributed by atoms with E-state index < -0.39 is 0 Å². The summed E-state index contributed by atoms with van der Waals surface area (Å²) in [5.74, 6) is 0. The van der Waals surface area contributed by atoms with Crippen LogP contribution in [0.1, 0.15) is 25.3 Å². The number of hydrogen-bond acceptors (Lipinski definition) is 3. The molecule has 3 heterocycles. The number of aromatic nitrogens is 3. The van der Waals surface area contributed by atoms with E-state index in [1.54, 1.807) is 6.33 Å².